The molecule has 0 saturated carbocycles. The van der Waals surface area contributed by atoms with E-state index >= 15 is 0 Å². The number of halogens is 2. The first-order valence-corrected chi connectivity index (χ1v) is 3.86. The van der Waals surface area contributed by atoms with Crippen molar-refractivity contribution in [2.75, 3.05) is 13.3 Å². The van der Waals surface area contributed by atoms with E-state index in [0.717, 1.165) is 12.1 Å². The van der Waals surface area contributed by atoms with Crippen LogP contribution in [-0.4, -0.2) is 24.4 Å². The van der Waals surface area contributed by atoms with Crippen LogP contribution in [0, 0.1) is 5.82 Å². The van der Waals surface area contributed by atoms with Crippen molar-refractivity contribution < 1.29 is 23.4 Å². The number of carbonyl (C=O) groups is 1. The molecular weight excluding hydrogens is 194 g/mol. The summed E-state index contributed by atoms with van der Waals surface area (Å²) in [4.78, 5) is 10.4. The molecule has 0 aliphatic heterocycles. The van der Waals surface area contributed by atoms with Crippen molar-refractivity contribution in [3.05, 3.63) is 29.6 Å². The zero-order valence-corrected chi connectivity index (χ0v) is 7.17. The highest BCUT2D eigenvalue weighted by Crippen LogP contribution is 2.16. The van der Waals surface area contributed by atoms with Crippen molar-refractivity contribution >= 4 is 5.97 Å². The number of aromatic carboxylic acids is 1. The monoisotopic (exact) mass is 202 g/mol. The molecule has 76 valence electrons. The van der Waals surface area contributed by atoms with Crippen LogP contribution in [0.2, 0.25) is 0 Å². The van der Waals surface area contributed by atoms with Crippen LogP contribution in [0.5, 0.6) is 5.75 Å². The van der Waals surface area contributed by atoms with Crippen molar-refractivity contribution in [1.82, 2.24) is 0 Å². The summed E-state index contributed by atoms with van der Waals surface area (Å²) in [6, 6.07) is 3.27. The van der Waals surface area contributed by atoms with Gasteiger partial charge in [0.15, 0.2) is 0 Å². The van der Waals surface area contributed by atoms with Crippen LogP contribution in [0.25, 0.3) is 0 Å². The Hall–Kier alpha value is -1.65. The Bertz CT molecular complexity index is 339. The zero-order valence-electron chi connectivity index (χ0n) is 7.17. The molecule has 1 aromatic carbocycles. The molecule has 3 nitrogen and oxygen atoms in total. The molecule has 0 bridgehead atoms. The first-order chi connectivity index (χ1) is 6.65. The molecule has 0 aromatic heterocycles. The Morgan fingerprint density at radius 1 is 1.50 bits per heavy atom. The molecule has 0 saturated heterocycles. The van der Waals surface area contributed by atoms with Crippen LogP contribution in [0.1, 0.15) is 10.4 Å². The number of carboxylic acid groups (broad SMARTS) is 1. The van der Waals surface area contributed by atoms with Gasteiger partial charge in [-0.3, -0.25) is 0 Å². The lowest BCUT2D eigenvalue weighted by atomic mass is 10.2. The van der Waals surface area contributed by atoms with E-state index in [2.05, 4.69) is 0 Å². The number of hydrogen-bond acceptors (Lipinski definition) is 2. The van der Waals surface area contributed by atoms with Crippen LogP contribution < -0.4 is 4.74 Å². The topological polar surface area (TPSA) is 46.5 Å². The van der Waals surface area contributed by atoms with Gasteiger partial charge >= 0.3 is 5.97 Å². The van der Waals surface area contributed by atoms with Gasteiger partial charge in [-0.15, -0.1) is 0 Å². The van der Waals surface area contributed by atoms with E-state index in [-0.39, 0.29) is 12.4 Å². The number of rotatable bonds is 4. The van der Waals surface area contributed by atoms with Crippen molar-refractivity contribution in [1.29, 1.82) is 0 Å². The van der Waals surface area contributed by atoms with Crippen molar-refractivity contribution in [3.63, 3.8) is 0 Å². The van der Waals surface area contributed by atoms with Gasteiger partial charge in [0.1, 0.15) is 24.8 Å². The molecule has 14 heavy (non-hydrogen) atoms. The van der Waals surface area contributed by atoms with E-state index in [1.807, 2.05) is 0 Å². The first-order valence-electron chi connectivity index (χ1n) is 3.86. The highest BCUT2D eigenvalue weighted by Gasteiger charge is 2.10. The van der Waals surface area contributed by atoms with Crippen LogP contribution >= 0.6 is 0 Å². The molecule has 0 fully saturated rings. The summed E-state index contributed by atoms with van der Waals surface area (Å²) in [5.41, 5.74) is -0.433. The van der Waals surface area contributed by atoms with Gasteiger partial charge in [-0.1, -0.05) is 0 Å². The largest absolute Gasteiger partial charge is 0.491 e. The molecule has 0 spiro atoms. The molecule has 1 N–H and O–H groups in total. The predicted octanol–water partition coefficient (Wildman–Crippen LogP) is 1.87. The Morgan fingerprint density at radius 2 is 2.21 bits per heavy atom. The SMILES string of the molecule is O=C(O)c1ccc(OCCF)cc1F. The Morgan fingerprint density at radius 3 is 2.71 bits per heavy atom. The summed E-state index contributed by atoms with van der Waals surface area (Å²) >= 11 is 0. The molecule has 0 atom stereocenters. The maximum atomic E-state index is 13.0. The molecule has 0 unspecified atom stereocenters. The summed E-state index contributed by atoms with van der Waals surface area (Å²) in [5, 5.41) is 8.49. The summed E-state index contributed by atoms with van der Waals surface area (Å²) in [7, 11) is 0. The highest BCUT2D eigenvalue weighted by atomic mass is 19.1. The predicted molar refractivity (Wildman–Crippen MR) is 44.8 cm³/mol. The summed E-state index contributed by atoms with van der Waals surface area (Å²) in [6.07, 6.45) is 0. The van der Waals surface area contributed by atoms with E-state index < -0.39 is 24.0 Å². The quantitative estimate of drug-likeness (QED) is 0.810. The summed E-state index contributed by atoms with van der Waals surface area (Å²) in [5.74, 6) is -2.13. The molecule has 0 amide bonds. The van der Waals surface area contributed by atoms with E-state index in [9.17, 15) is 13.6 Å². The fourth-order valence-corrected chi connectivity index (χ4v) is 0.915. The van der Waals surface area contributed by atoms with Gasteiger partial charge < -0.3 is 9.84 Å². The Balaban J connectivity index is 2.83. The second kappa shape index (κ2) is 4.55. The van der Waals surface area contributed by atoms with Crippen LogP contribution in [0.15, 0.2) is 18.2 Å². The minimum Gasteiger partial charge on any atom is -0.491 e. The summed E-state index contributed by atoms with van der Waals surface area (Å²) < 4.78 is 29.4. The normalized spacial score (nSPS) is 9.86. The van der Waals surface area contributed by atoms with E-state index in [1.54, 1.807) is 0 Å². The maximum absolute atomic E-state index is 13.0. The number of ether oxygens (including phenoxy) is 1. The minimum atomic E-state index is -1.35. The van der Waals surface area contributed by atoms with Gasteiger partial charge in [0.25, 0.3) is 0 Å². The molecule has 1 rings (SSSR count). The van der Waals surface area contributed by atoms with Crippen molar-refractivity contribution in [2.24, 2.45) is 0 Å². The number of carboxylic acids is 1. The van der Waals surface area contributed by atoms with Gasteiger partial charge in [0.2, 0.25) is 0 Å². The standard InChI is InChI=1S/C9H8F2O3/c10-3-4-14-6-1-2-7(9(12)13)8(11)5-6/h1-2,5H,3-4H2,(H,12,13). The van der Waals surface area contributed by atoms with E-state index in [0.29, 0.717) is 0 Å². The third-order valence-electron chi connectivity index (χ3n) is 1.52. The van der Waals surface area contributed by atoms with Gasteiger partial charge in [-0.25, -0.2) is 13.6 Å². The molecule has 0 heterocycles. The van der Waals surface area contributed by atoms with Crippen molar-refractivity contribution in [2.45, 2.75) is 0 Å². The molecule has 0 aliphatic rings. The Kier molecular flexibility index (Phi) is 3.39. The number of alkyl halides is 1. The van der Waals surface area contributed by atoms with Gasteiger partial charge in [0, 0.05) is 6.07 Å². The maximum Gasteiger partial charge on any atom is 0.338 e. The zero-order chi connectivity index (χ0) is 10.6. The molecule has 0 radical (unpaired) electrons. The van der Waals surface area contributed by atoms with Crippen LogP contribution in [0.4, 0.5) is 8.78 Å². The molecular formula is C9H8F2O3. The second-order valence-corrected chi connectivity index (χ2v) is 2.48. The number of benzene rings is 1. The average Bonchev–Trinajstić information content (AvgIpc) is 2.14. The van der Waals surface area contributed by atoms with Crippen LogP contribution in [0.3, 0.4) is 0 Å². The lowest BCUT2D eigenvalue weighted by Crippen LogP contribution is -2.03. The fraction of sp³-hybridized carbons (Fsp3) is 0.222. The lowest BCUT2D eigenvalue weighted by Gasteiger charge is -2.04. The average molecular weight is 202 g/mol. The Labute approximate surface area is 78.9 Å². The molecule has 5 heteroatoms. The van der Waals surface area contributed by atoms with Gasteiger partial charge in [0.05, 0.1) is 5.56 Å². The minimum absolute atomic E-state index is 0.116. The number of hydrogen-bond donors (Lipinski definition) is 1. The first kappa shape index (κ1) is 10.4. The lowest BCUT2D eigenvalue weighted by molar-refractivity contribution is 0.0692. The third kappa shape index (κ3) is 2.42. The van der Waals surface area contributed by atoms with E-state index in [1.165, 1.54) is 6.07 Å². The van der Waals surface area contributed by atoms with E-state index in [4.69, 9.17) is 9.84 Å². The van der Waals surface area contributed by atoms with Crippen LogP contribution in [-0.2, 0) is 0 Å². The molecule has 0 aliphatic carbocycles. The third-order valence-corrected chi connectivity index (χ3v) is 1.52. The smallest absolute Gasteiger partial charge is 0.338 e. The van der Waals surface area contributed by atoms with Gasteiger partial charge in [-0.05, 0) is 12.1 Å². The molecule has 1 aromatic rings. The second-order valence-electron chi connectivity index (χ2n) is 2.48. The fourth-order valence-electron chi connectivity index (χ4n) is 0.915. The highest BCUT2D eigenvalue weighted by molar-refractivity contribution is 5.88. The van der Waals surface area contributed by atoms with Crippen molar-refractivity contribution in [3.8, 4) is 5.75 Å². The summed E-state index contributed by atoms with van der Waals surface area (Å²) in [6.45, 7) is -0.853. The van der Waals surface area contributed by atoms with Gasteiger partial charge in [-0.2, -0.15) is 0 Å².